The van der Waals surface area contributed by atoms with Crippen LogP contribution in [-0.2, 0) is 14.3 Å². The van der Waals surface area contributed by atoms with E-state index in [1.807, 2.05) is 26.0 Å². The van der Waals surface area contributed by atoms with Crippen molar-refractivity contribution in [3.05, 3.63) is 24.8 Å². The maximum absolute atomic E-state index is 10.8. The quantitative estimate of drug-likeness (QED) is 0.404. The minimum atomic E-state index is -0.123. The number of likely N-dealkylation sites (N-methyl/N-ethyl adjacent to an activating group) is 1. The molecule has 1 atom stereocenters. The lowest BCUT2D eigenvalue weighted by atomic mass is 10.2. The highest BCUT2D eigenvalue weighted by atomic mass is 16.5. The average Bonchev–Trinajstić information content (AvgIpc) is 2.51. The molecule has 1 amide bonds. The summed E-state index contributed by atoms with van der Waals surface area (Å²) in [4.78, 5) is 10.8. The Hall–Kier alpha value is -1.57. The third-order valence-electron chi connectivity index (χ3n) is 1.84. The van der Waals surface area contributed by atoms with Crippen molar-refractivity contribution in [2.75, 3.05) is 33.5 Å². The number of amides is 1. The first-order valence-electron chi connectivity index (χ1n) is 7.14. The second-order valence-electron chi connectivity index (χ2n) is 3.69. The number of nitrogens with one attached hydrogen (secondary N) is 1. The van der Waals surface area contributed by atoms with Gasteiger partial charge in [-0.15, -0.1) is 12.3 Å². The first kappa shape index (κ1) is 24.4. The van der Waals surface area contributed by atoms with Gasteiger partial charge in [0.1, 0.15) is 6.61 Å². The highest BCUT2D eigenvalue weighted by Crippen LogP contribution is 1.97. The smallest absolute Gasteiger partial charge is 0.245 e. The third kappa shape index (κ3) is 27.6. The molecule has 0 fully saturated rings. The zero-order chi connectivity index (χ0) is 16.9. The fourth-order valence-corrected chi connectivity index (χ4v) is 0.948. The predicted molar refractivity (Wildman–Crippen MR) is 90.1 cm³/mol. The summed E-state index contributed by atoms with van der Waals surface area (Å²) in [6.07, 6.45) is 10.3. The number of ether oxygens (including phenoxy) is 2. The van der Waals surface area contributed by atoms with Crippen LogP contribution in [0.25, 0.3) is 0 Å². The molecule has 0 bridgehead atoms. The summed E-state index contributed by atoms with van der Waals surface area (Å²) in [5, 5.41) is 2.47. The number of terminal acetylenes is 1. The summed E-state index contributed by atoms with van der Waals surface area (Å²) < 4.78 is 10.4. The van der Waals surface area contributed by atoms with Gasteiger partial charge < -0.3 is 14.8 Å². The van der Waals surface area contributed by atoms with E-state index >= 15 is 0 Å². The molecule has 0 rings (SSSR count). The largest absolute Gasteiger partial charge is 0.378 e. The zero-order valence-electron chi connectivity index (χ0n) is 14.1. The van der Waals surface area contributed by atoms with Gasteiger partial charge in [0.05, 0.1) is 19.8 Å². The SMILES string of the molecule is C#CC.C=C/C=C\C(C)COCCOCC(=O)NC.CC. The summed E-state index contributed by atoms with van der Waals surface area (Å²) in [6, 6.07) is 0. The standard InChI is InChI=1S/C12H21NO3.C3H4.C2H6/c1-4-5-6-11(2)9-15-7-8-16-10-12(14)13-3;1-3-2;1-2/h4-6,11H,1,7-10H2,2-3H3,(H,13,14);1H,2H3;1-2H3/b6-5-;;. The van der Waals surface area contributed by atoms with Gasteiger partial charge in [-0.25, -0.2) is 0 Å². The molecule has 1 unspecified atom stereocenters. The molecule has 21 heavy (non-hydrogen) atoms. The number of allylic oxidation sites excluding steroid dienone is 2. The number of carbonyl (C=O) groups is 1. The van der Waals surface area contributed by atoms with E-state index in [4.69, 9.17) is 9.47 Å². The van der Waals surface area contributed by atoms with Crippen molar-refractivity contribution in [2.24, 2.45) is 5.92 Å². The molecule has 1 N–H and O–H groups in total. The molecule has 0 heterocycles. The maximum atomic E-state index is 10.8. The van der Waals surface area contributed by atoms with Crippen LogP contribution in [0.15, 0.2) is 24.8 Å². The molecule has 0 aromatic heterocycles. The van der Waals surface area contributed by atoms with Crippen LogP contribution in [0.1, 0.15) is 27.7 Å². The summed E-state index contributed by atoms with van der Waals surface area (Å²) in [5.74, 6) is 2.49. The number of hydrogen-bond donors (Lipinski definition) is 1. The molecule has 122 valence electrons. The van der Waals surface area contributed by atoms with Crippen LogP contribution >= 0.6 is 0 Å². The average molecular weight is 297 g/mol. The van der Waals surface area contributed by atoms with Crippen molar-refractivity contribution in [3.63, 3.8) is 0 Å². The summed E-state index contributed by atoms with van der Waals surface area (Å²) in [5.41, 5.74) is 0. The molecule has 0 spiro atoms. The van der Waals surface area contributed by atoms with Crippen LogP contribution in [0.2, 0.25) is 0 Å². The molecule has 0 saturated carbocycles. The van der Waals surface area contributed by atoms with Crippen molar-refractivity contribution in [1.82, 2.24) is 5.32 Å². The van der Waals surface area contributed by atoms with E-state index in [-0.39, 0.29) is 12.5 Å². The zero-order valence-corrected chi connectivity index (χ0v) is 14.1. The van der Waals surface area contributed by atoms with E-state index in [0.717, 1.165) is 0 Å². The van der Waals surface area contributed by atoms with Gasteiger partial charge in [0.15, 0.2) is 0 Å². The second-order valence-corrected chi connectivity index (χ2v) is 3.69. The molecule has 0 aliphatic heterocycles. The van der Waals surface area contributed by atoms with Crippen molar-refractivity contribution in [1.29, 1.82) is 0 Å². The van der Waals surface area contributed by atoms with Crippen LogP contribution in [-0.4, -0.2) is 39.4 Å². The van der Waals surface area contributed by atoms with Gasteiger partial charge >= 0.3 is 0 Å². The fourth-order valence-electron chi connectivity index (χ4n) is 0.948. The second kappa shape index (κ2) is 23.5. The lowest BCUT2D eigenvalue weighted by molar-refractivity contribution is -0.125. The number of carbonyl (C=O) groups excluding carboxylic acids is 1. The van der Waals surface area contributed by atoms with Gasteiger partial charge in [0, 0.05) is 7.05 Å². The van der Waals surface area contributed by atoms with Crippen LogP contribution in [0.5, 0.6) is 0 Å². The molecule has 0 saturated heterocycles. The van der Waals surface area contributed by atoms with Gasteiger partial charge in [-0.3, -0.25) is 4.79 Å². The monoisotopic (exact) mass is 297 g/mol. The summed E-state index contributed by atoms with van der Waals surface area (Å²) in [7, 11) is 1.58. The topological polar surface area (TPSA) is 47.6 Å². The van der Waals surface area contributed by atoms with Gasteiger partial charge in [0.2, 0.25) is 5.91 Å². The number of rotatable bonds is 9. The van der Waals surface area contributed by atoms with Gasteiger partial charge in [-0.05, 0) is 12.8 Å². The third-order valence-corrected chi connectivity index (χ3v) is 1.84. The first-order chi connectivity index (χ1) is 10.1. The van der Waals surface area contributed by atoms with Crippen molar-refractivity contribution in [2.45, 2.75) is 27.7 Å². The van der Waals surface area contributed by atoms with Gasteiger partial charge in [-0.2, -0.15) is 0 Å². The molecular weight excluding hydrogens is 266 g/mol. The van der Waals surface area contributed by atoms with Crippen molar-refractivity contribution >= 4 is 5.91 Å². The lowest BCUT2D eigenvalue weighted by Gasteiger charge is -2.08. The Labute approximate surface area is 130 Å². The van der Waals surface area contributed by atoms with E-state index in [1.165, 1.54) is 0 Å². The van der Waals surface area contributed by atoms with Crippen LogP contribution in [0.4, 0.5) is 0 Å². The molecule has 4 heteroatoms. The van der Waals surface area contributed by atoms with E-state index in [2.05, 4.69) is 31.2 Å². The molecule has 0 aliphatic rings. The minimum absolute atomic E-state index is 0.0891. The lowest BCUT2D eigenvalue weighted by Crippen LogP contribution is -2.24. The maximum Gasteiger partial charge on any atom is 0.245 e. The highest BCUT2D eigenvalue weighted by Gasteiger charge is 1.98. The first-order valence-corrected chi connectivity index (χ1v) is 7.14. The molecule has 0 radical (unpaired) electrons. The normalized spacial score (nSPS) is 10.3. The van der Waals surface area contributed by atoms with Crippen LogP contribution in [0, 0.1) is 18.3 Å². The van der Waals surface area contributed by atoms with E-state index in [9.17, 15) is 4.79 Å². The molecule has 0 aromatic carbocycles. The van der Waals surface area contributed by atoms with E-state index < -0.39 is 0 Å². The Kier molecular flexibility index (Phi) is 27.4. The Morgan fingerprint density at radius 2 is 1.90 bits per heavy atom. The number of hydrogen-bond acceptors (Lipinski definition) is 3. The Bertz CT molecular complexity index is 293. The minimum Gasteiger partial charge on any atom is -0.378 e. The van der Waals surface area contributed by atoms with Crippen LogP contribution < -0.4 is 5.32 Å². The highest BCUT2D eigenvalue weighted by molar-refractivity contribution is 5.76. The van der Waals surface area contributed by atoms with E-state index in [0.29, 0.717) is 25.7 Å². The predicted octanol–water partition coefficient (Wildman–Crippen LogP) is 2.81. The molecule has 4 nitrogen and oxygen atoms in total. The van der Waals surface area contributed by atoms with Gasteiger partial charge in [0.25, 0.3) is 0 Å². The summed E-state index contributed by atoms with van der Waals surface area (Å²) >= 11 is 0. The van der Waals surface area contributed by atoms with Crippen LogP contribution in [0.3, 0.4) is 0 Å². The summed E-state index contributed by atoms with van der Waals surface area (Å²) in [6.45, 7) is 13.0. The molecular formula is C17H31NO3. The van der Waals surface area contributed by atoms with Gasteiger partial charge in [-0.1, -0.05) is 45.6 Å². The molecule has 0 aromatic rings. The fraction of sp³-hybridized carbons (Fsp3) is 0.588. The Morgan fingerprint density at radius 1 is 1.38 bits per heavy atom. The Morgan fingerprint density at radius 3 is 2.38 bits per heavy atom. The van der Waals surface area contributed by atoms with Crippen molar-refractivity contribution in [3.8, 4) is 12.3 Å². The molecule has 0 aliphatic carbocycles. The van der Waals surface area contributed by atoms with Crippen molar-refractivity contribution < 1.29 is 14.3 Å². The Balaban J connectivity index is -0.000000569. The van der Waals surface area contributed by atoms with E-state index in [1.54, 1.807) is 20.0 Å².